The third-order valence-electron chi connectivity index (χ3n) is 2.97. The van der Waals surface area contributed by atoms with Crippen LogP contribution in [0.1, 0.15) is 10.4 Å². The molecule has 0 fully saturated rings. The van der Waals surface area contributed by atoms with Gasteiger partial charge in [0.15, 0.2) is 5.58 Å². The first-order valence-corrected chi connectivity index (χ1v) is 6.15. The Morgan fingerprint density at radius 3 is 2.70 bits per heavy atom. The van der Waals surface area contributed by atoms with Crippen molar-refractivity contribution in [1.29, 1.82) is 0 Å². The molecule has 20 heavy (non-hydrogen) atoms. The third kappa shape index (κ3) is 2.04. The van der Waals surface area contributed by atoms with Gasteiger partial charge in [-0.25, -0.2) is 9.18 Å². The molecule has 0 saturated heterocycles. The van der Waals surface area contributed by atoms with Crippen molar-refractivity contribution in [2.45, 2.75) is 0 Å². The molecule has 1 heterocycles. The maximum atomic E-state index is 13.2. The molecule has 1 aromatic heterocycles. The van der Waals surface area contributed by atoms with Gasteiger partial charge in [-0.05, 0) is 30.3 Å². The van der Waals surface area contributed by atoms with Crippen LogP contribution in [0.2, 0.25) is 5.02 Å². The lowest BCUT2D eigenvalue weighted by Crippen LogP contribution is -1.99. The van der Waals surface area contributed by atoms with E-state index >= 15 is 0 Å². The van der Waals surface area contributed by atoms with Crippen molar-refractivity contribution < 1.29 is 18.7 Å². The van der Waals surface area contributed by atoms with E-state index in [-0.39, 0.29) is 5.56 Å². The number of hydrogen-bond acceptors (Lipinski definition) is 2. The molecule has 3 aromatic rings. The van der Waals surface area contributed by atoms with Crippen LogP contribution in [0.4, 0.5) is 4.39 Å². The molecular weight excluding hydrogens is 283 g/mol. The maximum Gasteiger partial charge on any atom is 0.336 e. The van der Waals surface area contributed by atoms with Crippen molar-refractivity contribution in [2.24, 2.45) is 0 Å². The minimum absolute atomic E-state index is 0.153. The number of halogens is 2. The van der Waals surface area contributed by atoms with Gasteiger partial charge in [0, 0.05) is 10.9 Å². The molecule has 100 valence electrons. The van der Waals surface area contributed by atoms with Crippen LogP contribution in [-0.4, -0.2) is 11.1 Å². The van der Waals surface area contributed by atoms with Crippen LogP contribution in [0, 0.1) is 5.82 Å². The minimum atomic E-state index is -1.22. The first kappa shape index (κ1) is 12.7. The van der Waals surface area contributed by atoms with Crippen molar-refractivity contribution in [3.8, 4) is 11.3 Å². The van der Waals surface area contributed by atoms with Gasteiger partial charge in [0.25, 0.3) is 0 Å². The monoisotopic (exact) mass is 290 g/mol. The summed E-state index contributed by atoms with van der Waals surface area (Å²) in [7, 11) is 0. The largest absolute Gasteiger partial charge is 0.478 e. The summed E-state index contributed by atoms with van der Waals surface area (Å²) in [5.74, 6) is -1.49. The fourth-order valence-electron chi connectivity index (χ4n) is 2.07. The number of furan rings is 1. The lowest BCUT2D eigenvalue weighted by atomic mass is 10.0. The summed E-state index contributed by atoms with van der Waals surface area (Å²) >= 11 is 6.02. The number of carboxylic acid groups (broad SMARTS) is 1. The highest BCUT2D eigenvalue weighted by Crippen LogP contribution is 2.33. The van der Waals surface area contributed by atoms with Gasteiger partial charge in [0.05, 0.1) is 10.6 Å². The van der Waals surface area contributed by atoms with Crippen LogP contribution in [0.25, 0.3) is 22.3 Å². The molecule has 3 rings (SSSR count). The van der Waals surface area contributed by atoms with Gasteiger partial charge in [-0.2, -0.15) is 0 Å². The molecule has 0 aliphatic heterocycles. The molecule has 0 radical (unpaired) electrons. The second-order valence-electron chi connectivity index (χ2n) is 4.26. The van der Waals surface area contributed by atoms with E-state index in [1.54, 1.807) is 24.3 Å². The van der Waals surface area contributed by atoms with E-state index < -0.39 is 11.8 Å². The Kier molecular flexibility index (Phi) is 2.95. The predicted octanol–water partition coefficient (Wildman–Crippen LogP) is 4.59. The smallest absolute Gasteiger partial charge is 0.336 e. The highest BCUT2D eigenvalue weighted by atomic mass is 35.5. The Labute approximate surface area is 118 Å². The number of carbonyl (C=O) groups is 1. The first-order chi connectivity index (χ1) is 9.56. The summed E-state index contributed by atoms with van der Waals surface area (Å²) in [6.45, 7) is 0. The SMILES string of the molecule is O=C(O)c1cc(F)ccc1-c1cc2cccc(Cl)c2o1. The van der Waals surface area contributed by atoms with Crippen LogP contribution < -0.4 is 0 Å². The molecule has 0 unspecified atom stereocenters. The van der Waals surface area contributed by atoms with Gasteiger partial charge in [0.1, 0.15) is 11.6 Å². The fourth-order valence-corrected chi connectivity index (χ4v) is 2.29. The van der Waals surface area contributed by atoms with Crippen molar-refractivity contribution in [1.82, 2.24) is 0 Å². The van der Waals surface area contributed by atoms with Gasteiger partial charge in [0.2, 0.25) is 0 Å². The molecule has 1 N–H and O–H groups in total. The van der Waals surface area contributed by atoms with E-state index in [1.807, 2.05) is 0 Å². The van der Waals surface area contributed by atoms with Gasteiger partial charge in [-0.3, -0.25) is 0 Å². The lowest BCUT2D eigenvalue weighted by molar-refractivity contribution is 0.0697. The van der Waals surface area contributed by atoms with Gasteiger partial charge in [-0.1, -0.05) is 23.7 Å². The summed E-state index contributed by atoms with van der Waals surface area (Å²) < 4.78 is 18.8. The Hall–Kier alpha value is -2.33. The number of fused-ring (bicyclic) bond motifs is 1. The van der Waals surface area contributed by atoms with E-state index in [4.69, 9.17) is 21.1 Å². The number of rotatable bonds is 2. The van der Waals surface area contributed by atoms with Crippen molar-refractivity contribution in [3.63, 3.8) is 0 Å². The minimum Gasteiger partial charge on any atom is -0.478 e. The fraction of sp³-hybridized carbons (Fsp3) is 0. The van der Waals surface area contributed by atoms with Gasteiger partial charge >= 0.3 is 5.97 Å². The molecule has 0 amide bonds. The topological polar surface area (TPSA) is 50.4 Å². The van der Waals surface area contributed by atoms with E-state index in [0.29, 0.717) is 21.9 Å². The molecule has 0 aliphatic rings. The van der Waals surface area contributed by atoms with E-state index in [1.165, 1.54) is 12.1 Å². The second-order valence-corrected chi connectivity index (χ2v) is 4.67. The number of para-hydroxylation sites is 1. The van der Waals surface area contributed by atoms with Crippen molar-refractivity contribution >= 4 is 28.5 Å². The van der Waals surface area contributed by atoms with Crippen LogP contribution in [0.15, 0.2) is 46.9 Å². The Morgan fingerprint density at radius 2 is 2.00 bits per heavy atom. The average Bonchev–Trinajstić information content (AvgIpc) is 2.84. The van der Waals surface area contributed by atoms with E-state index in [2.05, 4.69) is 0 Å². The highest BCUT2D eigenvalue weighted by molar-refractivity contribution is 6.34. The number of aromatic carboxylic acids is 1. The van der Waals surface area contributed by atoms with E-state index in [0.717, 1.165) is 11.5 Å². The zero-order chi connectivity index (χ0) is 14.3. The zero-order valence-electron chi connectivity index (χ0n) is 10.1. The molecule has 0 spiro atoms. The van der Waals surface area contributed by atoms with Crippen LogP contribution in [0.3, 0.4) is 0 Å². The second kappa shape index (κ2) is 4.65. The van der Waals surface area contributed by atoms with Crippen molar-refractivity contribution in [2.75, 3.05) is 0 Å². The van der Waals surface area contributed by atoms with Crippen LogP contribution in [-0.2, 0) is 0 Å². The Balaban J connectivity index is 2.25. The first-order valence-electron chi connectivity index (χ1n) is 5.77. The predicted molar refractivity (Wildman–Crippen MR) is 73.6 cm³/mol. The maximum absolute atomic E-state index is 13.2. The molecular formula is C15H8ClFO3. The summed E-state index contributed by atoms with van der Waals surface area (Å²) in [4.78, 5) is 11.2. The Morgan fingerprint density at radius 1 is 1.20 bits per heavy atom. The summed E-state index contributed by atoms with van der Waals surface area (Å²) in [5.41, 5.74) is 0.635. The third-order valence-corrected chi connectivity index (χ3v) is 3.27. The molecule has 0 saturated carbocycles. The lowest BCUT2D eigenvalue weighted by Gasteiger charge is -2.02. The van der Waals surface area contributed by atoms with Crippen LogP contribution >= 0.6 is 11.6 Å². The zero-order valence-corrected chi connectivity index (χ0v) is 10.8. The van der Waals surface area contributed by atoms with Gasteiger partial charge in [-0.15, -0.1) is 0 Å². The van der Waals surface area contributed by atoms with Gasteiger partial charge < -0.3 is 9.52 Å². The molecule has 2 aromatic carbocycles. The molecule has 0 bridgehead atoms. The summed E-state index contributed by atoms with van der Waals surface area (Å²) in [6, 6.07) is 10.5. The summed E-state index contributed by atoms with van der Waals surface area (Å²) in [5, 5.41) is 10.3. The average molecular weight is 291 g/mol. The summed E-state index contributed by atoms with van der Waals surface area (Å²) in [6.07, 6.45) is 0. The van der Waals surface area contributed by atoms with Crippen molar-refractivity contribution in [3.05, 3.63) is 58.9 Å². The quantitative estimate of drug-likeness (QED) is 0.751. The number of carboxylic acids is 1. The molecule has 0 atom stereocenters. The van der Waals surface area contributed by atoms with E-state index in [9.17, 15) is 9.18 Å². The molecule has 0 aliphatic carbocycles. The normalized spacial score (nSPS) is 10.9. The highest BCUT2D eigenvalue weighted by Gasteiger charge is 2.17. The standard InChI is InChI=1S/C15H8ClFO3/c16-12-3-1-2-8-6-13(20-14(8)12)10-5-4-9(17)7-11(10)15(18)19/h1-7H,(H,18,19). The molecule has 5 heteroatoms. The molecule has 3 nitrogen and oxygen atoms in total. The van der Waals surface area contributed by atoms with Crippen LogP contribution in [0.5, 0.6) is 0 Å². The number of hydrogen-bond donors (Lipinski definition) is 1. The Bertz CT molecular complexity index is 823. The number of benzene rings is 2.